The molecule has 1 fully saturated rings. The standard InChI is InChI=1S/C16H21N3O2/c1-10(2)18-11-4-5-14-12(8-11)15(16(20)19(14)3)13-9-21-7-6-17-13/h4-5,8,10,17-18H,6-7,9H2,1-3H3/b15-13-. The molecule has 0 saturated carbocycles. The summed E-state index contributed by atoms with van der Waals surface area (Å²) < 4.78 is 5.48. The van der Waals surface area contributed by atoms with Crippen molar-refractivity contribution in [2.24, 2.45) is 0 Å². The van der Waals surface area contributed by atoms with E-state index in [4.69, 9.17) is 4.74 Å². The van der Waals surface area contributed by atoms with Gasteiger partial charge in [-0.15, -0.1) is 0 Å². The average Bonchev–Trinajstić information content (AvgIpc) is 2.71. The second-order valence-corrected chi connectivity index (χ2v) is 5.73. The highest BCUT2D eigenvalue weighted by molar-refractivity contribution is 6.33. The minimum Gasteiger partial charge on any atom is -0.383 e. The molecule has 2 aliphatic heterocycles. The quantitative estimate of drug-likeness (QED) is 0.815. The number of rotatable bonds is 2. The summed E-state index contributed by atoms with van der Waals surface area (Å²) in [5.41, 5.74) is 4.57. The molecule has 0 spiro atoms. The lowest BCUT2D eigenvalue weighted by Crippen LogP contribution is -2.31. The Morgan fingerprint density at radius 3 is 2.86 bits per heavy atom. The summed E-state index contributed by atoms with van der Waals surface area (Å²) in [5.74, 6) is 0.0275. The fourth-order valence-electron chi connectivity index (χ4n) is 2.80. The van der Waals surface area contributed by atoms with Gasteiger partial charge >= 0.3 is 0 Å². The first-order valence-electron chi connectivity index (χ1n) is 7.31. The molecule has 21 heavy (non-hydrogen) atoms. The third-order valence-corrected chi connectivity index (χ3v) is 3.73. The second kappa shape index (κ2) is 5.41. The number of hydrogen-bond acceptors (Lipinski definition) is 4. The molecular formula is C16H21N3O2. The summed E-state index contributed by atoms with van der Waals surface area (Å²) in [6.45, 7) is 6.09. The molecule has 1 saturated heterocycles. The number of likely N-dealkylation sites (N-methyl/N-ethyl adjacent to an activating group) is 1. The molecule has 0 radical (unpaired) electrons. The van der Waals surface area contributed by atoms with Crippen LogP contribution in [0.3, 0.4) is 0 Å². The Kier molecular flexibility index (Phi) is 3.59. The van der Waals surface area contributed by atoms with Crippen molar-refractivity contribution in [2.45, 2.75) is 19.9 Å². The van der Waals surface area contributed by atoms with Gasteiger partial charge < -0.3 is 20.3 Å². The van der Waals surface area contributed by atoms with Gasteiger partial charge in [-0.25, -0.2) is 0 Å². The van der Waals surface area contributed by atoms with Crippen molar-refractivity contribution in [3.05, 3.63) is 29.5 Å². The van der Waals surface area contributed by atoms with Gasteiger partial charge in [0, 0.05) is 30.9 Å². The molecule has 1 aromatic carbocycles. The van der Waals surface area contributed by atoms with Gasteiger partial charge in [0.25, 0.3) is 5.91 Å². The highest BCUT2D eigenvalue weighted by Crippen LogP contribution is 2.39. The van der Waals surface area contributed by atoms with Gasteiger partial charge in [-0.2, -0.15) is 0 Å². The molecule has 0 aromatic heterocycles. The molecular weight excluding hydrogens is 266 g/mol. The van der Waals surface area contributed by atoms with Gasteiger partial charge in [0.1, 0.15) is 0 Å². The largest absolute Gasteiger partial charge is 0.383 e. The first-order valence-corrected chi connectivity index (χ1v) is 7.31. The van der Waals surface area contributed by atoms with Crippen LogP contribution < -0.4 is 15.5 Å². The minimum absolute atomic E-state index is 0.0275. The van der Waals surface area contributed by atoms with Gasteiger partial charge in [0.15, 0.2) is 0 Å². The number of anilines is 2. The van der Waals surface area contributed by atoms with E-state index in [0.29, 0.717) is 19.3 Å². The summed E-state index contributed by atoms with van der Waals surface area (Å²) >= 11 is 0. The molecule has 1 aromatic rings. The van der Waals surface area contributed by atoms with Crippen LogP contribution in [0, 0.1) is 0 Å². The maximum absolute atomic E-state index is 12.5. The van der Waals surface area contributed by atoms with Crippen LogP contribution in [0.25, 0.3) is 5.57 Å². The highest BCUT2D eigenvalue weighted by Gasteiger charge is 2.33. The second-order valence-electron chi connectivity index (χ2n) is 5.73. The zero-order valence-corrected chi connectivity index (χ0v) is 12.7. The van der Waals surface area contributed by atoms with Gasteiger partial charge in [-0.05, 0) is 32.0 Å². The van der Waals surface area contributed by atoms with Crippen LogP contribution in [-0.2, 0) is 9.53 Å². The Bertz CT molecular complexity index is 600. The zero-order chi connectivity index (χ0) is 15.0. The van der Waals surface area contributed by atoms with E-state index in [2.05, 4.69) is 30.5 Å². The third kappa shape index (κ3) is 2.49. The Balaban J connectivity index is 2.06. The fourth-order valence-corrected chi connectivity index (χ4v) is 2.80. The number of hydrogen-bond donors (Lipinski definition) is 2. The van der Waals surface area contributed by atoms with Crippen LogP contribution in [0.5, 0.6) is 0 Å². The SMILES string of the molecule is CC(C)Nc1ccc2c(c1)/C(=C1\COCCN1)C(=O)N2C. The number of carbonyl (C=O) groups is 1. The Labute approximate surface area is 125 Å². The Morgan fingerprint density at radius 1 is 1.38 bits per heavy atom. The van der Waals surface area contributed by atoms with E-state index in [-0.39, 0.29) is 5.91 Å². The number of carbonyl (C=O) groups excluding carboxylic acids is 1. The Hall–Kier alpha value is -2.01. The molecule has 112 valence electrons. The van der Waals surface area contributed by atoms with Crippen molar-refractivity contribution >= 4 is 22.9 Å². The number of fused-ring (bicyclic) bond motifs is 1. The summed E-state index contributed by atoms with van der Waals surface area (Å²) in [4.78, 5) is 14.2. The fraction of sp³-hybridized carbons (Fsp3) is 0.438. The van der Waals surface area contributed by atoms with Crippen molar-refractivity contribution in [3.8, 4) is 0 Å². The van der Waals surface area contributed by atoms with Gasteiger partial charge in [0.2, 0.25) is 0 Å². The molecule has 5 nitrogen and oxygen atoms in total. The number of amides is 1. The van der Waals surface area contributed by atoms with E-state index in [9.17, 15) is 4.79 Å². The minimum atomic E-state index is 0.0275. The predicted molar refractivity (Wildman–Crippen MR) is 84.4 cm³/mol. The van der Waals surface area contributed by atoms with Gasteiger partial charge in [0.05, 0.1) is 30.2 Å². The van der Waals surface area contributed by atoms with Crippen molar-refractivity contribution in [2.75, 3.05) is 37.0 Å². The van der Waals surface area contributed by atoms with E-state index in [1.807, 2.05) is 19.2 Å². The molecule has 2 heterocycles. The highest BCUT2D eigenvalue weighted by atomic mass is 16.5. The summed E-state index contributed by atoms with van der Waals surface area (Å²) in [7, 11) is 1.81. The van der Waals surface area contributed by atoms with Crippen LogP contribution in [0.15, 0.2) is 23.9 Å². The molecule has 0 unspecified atom stereocenters. The number of nitrogens with zero attached hydrogens (tertiary/aromatic N) is 1. The predicted octanol–water partition coefficient (Wildman–Crippen LogP) is 1.81. The van der Waals surface area contributed by atoms with Crippen LogP contribution in [-0.4, -0.2) is 38.8 Å². The summed E-state index contributed by atoms with van der Waals surface area (Å²) in [6, 6.07) is 6.41. The average molecular weight is 287 g/mol. The van der Waals surface area contributed by atoms with Crippen LogP contribution in [0.4, 0.5) is 11.4 Å². The summed E-state index contributed by atoms with van der Waals surface area (Å²) in [5, 5.41) is 6.68. The third-order valence-electron chi connectivity index (χ3n) is 3.73. The maximum Gasteiger partial charge on any atom is 0.260 e. The zero-order valence-electron chi connectivity index (χ0n) is 12.7. The lowest BCUT2D eigenvalue weighted by molar-refractivity contribution is -0.112. The van der Waals surface area contributed by atoms with E-state index in [0.717, 1.165) is 34.8 Å². The molecule has 0 bridgehead atoms. The van der Waals surface area contributed by atoms with Crippen molar-refractivity contribution < 1.29 is 9.53 Å². The number of benzene rings is 1. The molecule has 1 amide bonds. The maximum atomic E-state index is 12.5. The van der Waals surface area contributed by atoms with Crippen molar-refractivity contribution in [1.82, 2.24) is 5.32 Å². The topological polar surface area (TPSA) is 53.6 Å². The molecule has 2 aliphatic rings. The monoisotopic (exact) mass is 287 g/mol. The van der Waals surface area contributed by atoms with Gasteiger partial charge in [-0.1, -0.05) is 0 Å². The number of morpholine rings is 1. The molecule has 0 atom stereocenters. The van der Waals surface area contributed by atoms with Crippen LogP contribution in [0.1, 0.15) is 19.4 Å². The molecule has 5 heteroatoms. The molecule has 3 rings (SSSR count). The number of ether oxygens (including phenoxy) is 1. The molecule has 0 aliphatic carbocycles. The first kappa shape index (κ1) is 13.9. The molecule has 2 N–H and O–H groups in total. The lowest BCUT2D eigenvalue weighted by atomic mass is 10.0. The van der Waals surface area contributed by atoms with E-state index < -0.39 is 0 Å². The van der Waals surface area contributed by atoms with Crippen LogP contribution in [0.2, 0.25) is 0 Å². The number of nitrogens with one attached hydrogen (secondary N) is 2. The Morgan fingerprint density at radius 2 is 2.19 bits per heavy atom. The van der Waals surface area contributed by atoms with Crippen molar-refractivity contribution in [1.29, 1.82) is 0 Å². The van der Waals surface area contributed by atoms with E-state index in [1.54, 1.807) is 4.90 Å². The normalized spacial score (nSPS) is 21.5. The van der Waals surface area contributed by atoms with Crippen molar-refractivity contribution in [3.63, 3.8) is 0 Å². The first-order chi connectivity index (χ1) is 10.1. The lowest BCUT2D eigenvalue weighted by Gasteiger charge is -2.19. The van der Waals surface area contributed by atoms with E-state index >= 15 is 0 Å². The summed E-state index contributed by atoms with van der Waals surface area (Å²) in [6.07, 6.45) is 0. The van der Waals surface area contributed by atoms with E-state index in [1.165, 1.54) is 0 Å². The van der Waals surface area contributed by atoms with Crippen LogP contribution >= 0.6 is 0 Å². The van der Waals surface area contributed by atoms with Gasteiger partial charge in [-0.3, -0.25) is 4.79 Å². The smallest absolute Gasteiger partial charge is 0.260 e.